The Labute approximate surface area is 133 Å². The first-order chi connectivity index (χ1) is 10.1. The third-order valence-electron chi connectivity index (χ3n) is 4.80. The van der Waals surface area contributed by atoms with Gasteiger partial charge in [-0.3, -0.25) is 10.1 Å². The Morgan fingerprint density at radius 2 is 2.00 bits per heavy atom. The summed E-state index contributed by atoms with van der Waals surface area (Å²) >= 11 is 3.53. The first-order valence-corrected chi connectivity index (χ1v) is 8.29. The van der Waals surface area contributed by atoms with Gasteiger partial charge in [0, 0.05) is 34.7 Å². The Bertz CT molecular complexity index is 538. The normalized spacial score (nSPS) is 28.5. The number of nitro groups is 1. The van der Waals surface area contributed by atoms with Crippen LogP contribution in [0.15, 0.2) is 22.7 Å². The molecule has 2 aliphatic rings. The van der Waals surface area contributed by atoms with Crippen LogP contribution >= 0.6 is 15.9 Å². The van der Waals surface area contributed by atoms with Crippen molar-refractivity contribution in [3.8, 4) is 0 Å². The van der Waals surface area contributed by atoms with Crippen LogP contribution in [0.3, 0.4) is 0 Å². The highest BCUT2D eigenvalue weighted by Crippen LogP contribution is 2.41. The number of nitrogens with one attached hydrogen (secondary N) is 1. The number of nitrogens with zero attached hydrogens (tertiary/aromatic N) is 2. The minimum Gasteiger partial charge on any atom is -0.365 e. The van der Waals surface area contributed by atoms with Gasteiger partial charge in [0.2, 0.25) is 0 Å². The van der Waals surface area contributed by atoms with Crippen molar-refractivity contribution >= 4 is 27.3 Å². The molecule has 1 aromatic rings. The van der Waals surface area contributed by atoms with Crippen LogP contribution in [-0.2, 0) is 0 Å². The number of hydrogen-bond acceptors (Lipinski definition) is 4. The molecule has 6 heteroatoms. The van der Waals surface area contributed by atoms with Gasteiger partial charge in [0.25, 0.3) is 5.69 Å². The summed E-state index contributed by atoms with van der Waals surface area (Å²) in [7, 11) is 2.04. The van der Waals surface area contributed by atoms with Gasteiger partial charge in [-0.2, -0.15) is 0 Å². The number of rotatable bonds is 3. The molecule has 0 spiro atoms. The lowest BCUT2D eigenvalue weighted by atomic mass is 9.81. The lowest BCUT2D eigenvalue weighted by molar-refractivity contribution is -0.384. The van der Waals surface area contributed by atoms with Gasteiger partial charge >= 0.3 is 0 Å². The first-order valence-electron chi connectivity index (χ1n) is 7.49. The minimum absolute atomic E-state index is 0.140. The molecule has 1 aromatic carbocycles. The van der Waals surface area contributed by atoms with E-state index in [1.165, 1.54) is 19.3 Å². The van der Waals surface area contributed by atoms with Gasteiger partial charge in [-0.15, -0.1) is 0 Å². The second-order valence-corrected chi connectivity index (χ2v) is 6.85. The Kier molecular flexibility index (Phi) is 4.17. The summed E-state index contributed by atoms with van der Waals surface area (Å²) < 4.78 is 0.830. The molecular weight excluding hydrogens is 334 g/mol. The second kappa shape index (κ2) is 5.93. The van der Waals surface area contributed by atoms with Gasteiger partial charge in [-0.25, -0.2) is 0 Å². The number of fused-ring (bicyclic) bond motifs is 2. The minimum atomic E-state index is -0.345. The van der Waals surface area contributed by atoms with Crippen molar-refractivity contribution in [1.82, 2.24) is 5.32 Å². The SMILES string of the molecule is CNC1CC2CCCC(C1)N2c1ccc([N+](=O)[O-])cc1Br. The Balaban J connectivity index is 1.91. The topological polar surface area (TPSA) is 58.4 Å². The van der Waals surface area contributed by atoms with Crippen molar-refractivity contribution in [1.29, 1.82) is 0 Å². The molecule has 2 atom stereocenters. The van der Waals surface area contributed by atoms with Crippen LogP contribution in [0.2, 0.25) is 0 Å². The molecule has 2 saturated heterocycles. The molecule has 1 N–H and O–H groups in total. The standard InChI is InChI=1S/C15H20BrN3O2/c1-17-10-7-11-3-2-4-12(8-10)18(11)15-6-5-13(19(20)21)9-14(15)16/h5-6,9-12,17H,2-4,7-8H2,1H3. The first kappa shape index (κ1) is 14.8. The largest absolute Gasteiger partial charge is 0.365 e. The molecule has 0 amide bonds. The van der Waals surface area contributed by atoms with E-state index in [0.29, 0.717) is 18.1 Å². The summed E-state index contributed by atoms with van der Waals surface area (Å²) in [5, 5.41) is 14.3. The summed E-state index contributed by atoms with van der Waals surface area (Å²) in [5.41, 5.74) is 1.24. The summed E-state index contributed by atoms with van der Waals surface area (Å²) in [5.74, 6) is 0. The molecule has 21 heavy (non-hydrogen) atoms. The summed E-state index contributed by atoms with van der Waals surface area (Å²) in [6, 6.07) is 6.79. The molecule has 2 fully saturated rings. The highest BCUT2D eigenvalue weighted by atomic mass is 79.9. The fraction of sp³-hybridized carbons (Fsp3) is 0.600. The van der Waals surface area contributed by atoms with Crippen LogP contribution < -0.4 is 10.2 Å². The smallest absolute Gasteiger partial charge is 0.270 e. The molecule has 3 rings (SSSR count). The summed E-state index contributed by atoms with van der Waals surface area (Å²) in [4.78, 5) is 13.0. The van der Waals surface area contributed by atoms with E-state index in [-0.39, 0.29) is 10.6 Å². The van der Waals surface area contributed by atoms with Crippen molar-refractivity contribution in [3.05, 3.63) is 32.8 Å². The molecule has 0 saturated carbocycles. The average Bonchev–Trinajstić information content (AvgIpc) is 2.45. The number of benzene rings is 1. The van der Waals surface area contributed by atoms with Gasteiger partial charge in [0.1, 0.15) is 0 Å². The van der Waals surface area contributed by atoms with Gasteiger partial charge in [0.15, 0.2) is 0 Å². The van der Waals surface area contributed by atoms with Crippen LogP contribution in [-0.4, -0.2) is 30.1 Å². The molecule has 0 aliphatic carbocycles. The van der Waals surface area contributed by atoms with Gasteiger partial charge in [0.05, 0.1) is 10.6 Å². The predicted molar refractivity (Wildman–Crippen MR) is 86.8 cm³/mol. The van der Waals surface area contributed by atoms with Gasteiger partial charge in [-0.05, 0) is 61.1 Å². The third kappa shape index (κ3) is 2.79. The molecule has 5 nitrogen and oxygen atoms in total. The molecule has 2 unspecified atom stereocenters. The van der Waals surface area contributed by atoms with E-state index in [9.17, 15) is 10.1 Å². The van der Waals surface area contributed by atoms with Crippen LogP contribution in [0.5, 0.6) is 0 Å². The van der Waals surface area contributed by atoms with Crippen molar-refractivity contribution in [2.24, 2.45) is 0 Å². The van der Waals surface area contributed by atoms with E-state index >= 15 is 0 Å². The van der Waals surface area contributed by atoms with Gasteiger partial charge in [-0.1, -0.05) is 0 Å². The lowest BCUT2D eigenvalue weighted by Crippen LogP contribution is -2.56. The number of piperidine rings is 2. The van der Waals surface area contributed by atoms with E-state index in [2.05, 4.69) is 26.1 Å². The van der Waals surface area contributed by atoms with E-state index in [0.717, 1.165) is 23.0 Å². The highest BCUT2D eigenvalue weighted by Gasteiger charge is 2.38. The van der Waals surface area contributed by atoms with E-state index in [1.54, 1.807) is 12.1 Å². The number of hydrogen-bond donors (Lipinski definition) is 1. The Hall–Kier alpha value is -1.14. The van der Waals surface area contributed by atoms with Crippen LogP contribution in [0.1, 0.15) is 32.1 Å². The number of halogens is 1. The van der Waals surface area contributed by atoms with E-state index in [1.807, 2.05) is 13.1 Å². The molecule has 0 radical (unpaired) electrons. The maximum atomic E-state index is 10.9. The molecule has 2 aliphatic heterocycles. The molecule has 114 valence electrons. The zero-order valence-electron chi connectivity index (χ0n) is 12.1. The van der Waals surface area contributed by atoms with Crippen LogP contribution in [0.25, 0.3) is 0 Å². The maximum Gasteiger partial charge on any atom is 0.270 e. The zero-order valence-corrected chi connectivity index (χ0v) is 13.7. The Morgan fingerprint density at radius 3 is 2.52 bits per heavy atom. The molecular formula is C15H20BrN3O2. The second-order valence-electron chi connectivity index (χ2n) is 6.00. The van der Waals surface area contributed by atoms with E-state index in [4.69, 9.17) is 0 Å². The van der Waals surface area contributed by atoms with Crippen molar-refractivity contribution in [2.45, 2.75) is 50.2 Å². The van der Waals surface area contributed by atoms with Crippen molar-refractivity contribution < 1.29 is 4.92 Å². The Morgan fingerprint density at radius 1 is 1.33 bits per heavy atom. The quantitative estimate of drug-likeness (QED) is 0.667. The van der Waals surface area contributed by atoms with E-state index < -0.39 is 0 Å². The monoisotopic (exact) mass is 353 g/mol. The lowest BCUT2D eigenvalue weighted by Gasteiger charge is -2.50. The highest BCUT2D eigenvalue weighted by molar-refractivity contribution is 9.10. The van der Waals surface area contributed by atoms with Crippen LogP contribution in [0, 0.1) is 10.1 Å². The van der Waals surface area contributed by atoms with Crippen LogP contribution in [0.4, 0.5) is 11.4 Å². The summed E-state index contributed by atoms with van der Waals surface area (Å²) in [6.07, 6.45) is 6.00. The fourth-order valence-corrected chi connectivity index (χ4v) is 4.40. The van der Waals surface area contributed by atoms with Gasteiger partial charge < -0.3 is 10.2 Å². The predicted octanol–water partition coefficient (Wildman–Crippen LogP) is 3.47. The number of non-ortho nitro benzene ring substituents is 1. The van der Waals surface area contributed by atoms with Crippen molar-refractivity contribution in [2.75, 3.05) is 11.9 Å². The van der Waals surface area contributed by atoms with Crippen molar-refractivity contribution in [3.63, 3.8) is 0 Å². The molecule has 2 bridgehead atoms. The average molecular weight is 354 g/mol. The maximum absolute atomic E-state index is 10.9. The molecule has 0 aromatic heterocycles. The number of anilines is 1. The number of nitro benzene ring substituents is 1. The fourth-order valence-electron chi connectivity index (χ4n) is 3.83. The zero-order chi connectivity index (χ0) is 15.0. The molecule has 2 heterocycles. The third-order valence-corrected chi connectivity index (χ3v) is 5.44. The summed E-state index contributed by atoms with van der Waals surface area (Å²) in [6.45, 7) is 0.